The number of hydrogen-bond acceptors (Lipinski definition) is 2. The maximum Gasteiger partial charge on any atom is 0.191 e. The van der Waals surface area contributed by atoms with Crippen LogP contribution < -0.4 is 10.6 Å². The topological polar surface area (TPSA) is 50.6 Å². The molecule has 0 radical (unpaired) electrons. The summed E-state index contributed by atoms with van der Waals surface area (Å²) in [6.45, 7) is 5.17. The van der Waals surface area contributed by atoms with Gasteiger partial charge in [-0.05, 0) is 37.7 Å². The van der Waals surface area contributed by atoms with Crippen LogP contribution in [0.4, 0.5) is 0 Å². The number of guanidine groups is 1. The molecule has 0 atom stereocenters. The van der Waals surface area contributed by atoms with Crippen molar-refractivity contribution in [1.29, 1.82) is 0 Å². The number of rotatable bonds is 8. The number of hydrogen-bond donors (Lipinski definition) is 2. The number of nitrogens with one attached hydrogen (secondary N) is 2. The lowest BCUT2D eigenvalue weighted by molar-refractivity contribution is 0.0732. The van der Waals surface area contributed by atoms with E-state index in [0.717, 1.165) is 37.8 Å². The van der Waals surface area contributed by atoms with Crippen molar-refractivity contribution in [2.75, 3.05) is 26.8 Å². The minimum atomic E-state index is 0. The van der Waals surface area contributed by atoms with Crippen molar-refractivity contribution in [3.8, 4) is 0 Å². The van der Waals surface area contributed by atoms with Crippen molar-refractivity contribution in [3.05, 3.63) is 21.9 Å². The molecule has 1 aliphatic carbocycles. The number of ether oxygens (including phenoxy) is 1. The van der Waals surface area contributed by atoms with Gasteiger partial charge in [0.25, 0.3) is 0 Å². The van der Waals surface area contributed by atoms with Crippen LogP contribution in [0.25, 0.3) is 0 Å². The molecule has 0 amide bonds. The van der Waals surface area contributed by atoms with Gasteiger partial charge in [-0.1, -0.05) is 29.6 Å². The molecule has 25 heavy (non-hydrogen) atoms. The van der Waals surface area contributed by atoms with E-state index in [1.807, 2.05) is 17.7 Å². The fourth-order valence-corrected chi connectivity index (χ4v) is 3.44. The molecular weight excluding hydrogens is 474 g/mol. The number of methoxy groups -OCH3 is 1. The second kappa shape index (κ2) is 10.8. The normalized spacial score (nSPS) is 16.1. The zero-order valence-corrected chi connectivity index (χ0v) is 19.0. The monoisotopic (exact) mass is 502 g/mol. The van der Waals surface area contributed by atoms with Gasteiger partial charge in [0.2, 0.25) is 0 Å². The molecule has 1 saturated carbocycles. The van der Waals surface area contributed by atoms with E-state index in [1.54, 1.807) is 7.11 Å². The standard InChI is InChI=1S/C17H28Cl2N4O.HI/c1-4-20-16(21-11-13-10-14(18)15(19)23(13)2)22-12-17(6-5-7-17)8-9-24-3;/h10H,4-9,11-12H2,1-3H3,(H2,20,21,22);1H. The highest BCUT2D eigenvalue weighted by Gasteiger charge is 2.36. The Morgan fingerprint density at radius 1 is 1.36 bits per heavy atom. The quantitative estimate of drug-likeness (QED) is 0.318. The molecule has 0 saturated heterocycles. The van der Waals surface area contributed by atoms with Gasteiger partial charge >= 0.3 is 0 Å². The van der Waals surface area contributed by atoms with Gasteiger partial charge in [-0.3, -0.25) is 0 Å². The fourth-order valence-electron chi connectivity index (χ4n) is 3.02. The van der Waals surface area contributed by atoms with Crippen molar-refractivity contribution in [3.63, 3.8) is 0 Å². The fraction of sp³-hybridized carbons (Fsp3) is 0.706. The van der Waals surface area contributed by atoms with Gasteiger partial charge in [0, 0.05) is 39.5 Å². The first-order chi connectivity index (χ1) is 11.5. The second-order valence-electron chi connectivity index (χ2n) is 6.48. The molecule has 1 aromatic rings. The summed E-state index contributed by atoms with van der Waals surface area (Å²) in [5.74, 6) is 0.828. The average molecular weight is 503 g/mol. The molecule has 0 aliphatic heterocycles. The second-order valence-corrected chi connectivity index (χ2v) is 7.24. The molecule has 2 N–H and O–H groups in total. The van der Waals surface area contributed by atoms with Crippen LogP contribution in [-0.2, 0) is 18.3 Å². The maximum atomic E-state index is 6.11. The molecule has 0 bridgehead atoms. The molecular formula is C17H29Cl2IN4O. The Kier molecular flexibility index (Phi) is 9.92. The van der Waals surface area contributed by atoms with Crippen molar-refractivity contribution in [2.45, 2.75) is 39.2 Å². The van der Waals surface area contributed by atoms with Crippen molar-refractivity contribution in [2.24, 2.45) is 17.5 Å². The summed E-state index contributed by atoms with van der Waals surface area (Å²) in [6.07, 6.45) is 4.91. The van der Waals surface area contributed by atoms with Gasteiger partial charge in [0.15, 0.2) is 5.96 Å². The minimum absolute atomic E-state index is 0. The highest BCUT2D eigenvalue weighted by molar-refractivity contribution is 14.0. The van der Waals surface area contributed by atoms with E-state index >= 15 is 0 Å². The molecule has 0 unspecified atom stereocenters. The smallest absolute Gasteiger partial charge is 0.191 e. The molecule has 144 valence electrons. The first-order valence-corrected chi connectivity index (χ1v) is 9.27. The molecule has 2 rings (SSSR count). The average Bonchev–Trinajstić information content (AvgIpc) is 2.78. The van der Waals surface area contributed by atoms with Gasteiger partial charge < -0.3 is 19.9 Å². The van der Waals surface area contributed by atoms with Crippen LogP contribution in [0.15, 0.2) is 11.1 Å². The predicted octanol–water partition coefficient (Wildman–Crippen LogP) is 4.21. The highest BCUT2D eigenvalue weighted by Crippen LogP contribution is 2.43. The van der Waals surface area contributed by atoms with E-state index in [1.165, 1.54) is 19.3 Å². The van der Waals surface area contributed by atoms with Gasteiger partial charge in [-0.25, -0.2) is 4.99 Å². The van der Waals surface area contributed by atoms with Crippen LogP contribution in [0.3, 0.4) is 0 Å². The summed E-state index contributed by atoms with van der Waals surface area (Å²) < 4.78 is 7.12. The molecule has 0 spiro atoms. The largest absolute Gasteiger partial charge is 0.385 e. The van der Waals surface area contributed by atoms with Gasteiger partial charge in [0.1, 0.15) is 5.15 Å². The van der Waals surface area contributed by atoms with E-state index in [4.69, 9.17) is 27.9 Å². The van der Waals surface area contributed by atoms with Crippen LogP contribution >= 0.6 is 47.2 Å². The molecule has 8 heteroatoms. The first kappa shape index (κ1) is 22.9. The van der Waals surface area contributed by atoms with Crippen LogP contribution in [0.5, 0.6) is 0 Å². The molecule has 5 nitrogen and oxygen atoms in total. The Bertz CT molecular complexity index is 573. The number of aromatic nitrogens is 1. The maximum absolute atomic E-state index is 6.11. The molecule has 1 fully saturated rings. The Hall–Kier alpha value is -0.180. The molecule has 1 aromatic heterocycles. The van der Waals surface area contributed by atoms with Crippen molar-refractivity contribution < 1.29 is 4.74 Å². The third kappa shape index (κ3) is 6.19. The summed E-state index contributed by atoms with van der Waals surface area (Å²) in [5.41, 5.74) is 1.34. The molecule has 0 aromatic carbocycles. The number of aliphatic imine (C=N–C) groups is 1. The van der Waals surface area contributed by atoms with Gasteiger partial charge in [-0.2, -0.15) is 0 Å². The Morgan fingerprint density at radius 2 is 2.08 bits per heavy atom. The lowest BCUT2D eigenvalue weighted by Gasteiger charge is -2.42. The summed E-state index contributed by atoms with van der Waals surface area (Å²) in [5, 5.41) is 7.91. The third-order valence-corrected chi connectivity index (χ3v) is 5.68. The number of halogens is 3. The summed E-state index contributed by atoms with van der Waals surface area (Å²) in [7, 11) is 3.66. The van der Waals surface area contributed by atoms with Crippen LogP contribution in [0, 0.1) is 5.41 Å². The van der Waals surface area contributed by atoms with E-state index < -0.39 is 0 Å². The predicted molar refractivity (Wildman–Crippen MR) is 116 cm³/mol. The molecule has 1 aliphatic rings. The first-order valence-electron chi connectivity index (χ1n) is 8.52. The van der Waals surface area contributed by atoms with Crippen molar-refractivity contribution in [1.82, 2.24) is 15.2 Å². The van der Waals surface area contributed by atoms with Gasteiger partial charge in [0.05, 0.1) is 11.6 Å². The van der Waals surface area contributed by atoms with E-state index in [0.29, 0.717) is 22.1 Å². The highest BCUT2D eigenvalue weighted by atomic mass is 127. The molecule has 1 heterocycles. The lowest BCUT2D eigenvalue weighted by atomic mass is 9.67. The van der Waals surface area contributed by atoms with E-state index in [-0.39, 0.29) is 24.0 Å². The zero-order chi connectivity index (χ0) is 17.6. The minimum Gasteiger partial charge on any atom is -0.385 e. The number of nitrogens with zero attached hydrogens (tertiary/aromatic N) is 2. The van der Waals surface area contributed by atoms with E-state index in [2.05, 4.69) is 22.5 Å². The Balaban J connectivity index is 0.00000312. The van der Waals surface area contributed by atoms with Crippen LogP contribution in [-0.4, -0.2) is 37.3 Å². The van der Waals surface area contributed by atoms with Gasteiger partial charge in [-0.15, -0.1) is 24.0 Å². The van der Waals surface area contributed by atoms with Crippen molar-refractivity contribution >= 4 is 53.1 Å². The van der Waals surface area contributed by atoms with Crippen LogP contribution in [0.2, 0.25) is 10.2 Å². The summed E-state index contributed by atoms with van der Waals surface area (Å²) >= 11 is 12.2. The Labute approximate surface area is 177 Å². The summed E-state index contributed by atoms with van der Waals surface area (Å²) in [6, 6.07) is 1.86. The SMILES string of the molecule is CCNC(=NCc1cc(Cl)c(Cl)n1C)NCC1(CCOC)CCC1.I. The van der Waals surface area contributed by atoms with E-state index in [9.17, 15) is 0 Å². The Morgan fingerprint density at radius 3 is 2.56 bits per heavy atom. The lowest BCUT2D eigenvalue weighted by Crippen LogP contribution is -2.47. The van der Waals surface area contributed by atoms with Crippen LogP contribution in [0.1, 0.15) is 38.3 Å². The summed E-state index contributed by atoms with van der Waals surface area (Å²) in [4.78, 5) is 4.67. The third-order valence-electron chi connectivity index (χ3n) is 4.84. The zero-order valence-electron chi connectivity index (χ0n) is 15.2.